The van der Waals surface area contributed by atoms with Crippen LogP contribution in [-0.2, 0) is 16.1 Å². The lowest BCUT2D eigenvalue weighted by Gasteiger charge is -2.30. The first-order chi connectivity index (χ1) is 16.2. The number of halogens is 1. The monoisotopic (exact) mass is 489 g/mol. The average Bonchev–Trinajstić information content (AvgIpc) is 2.81. The predicted molar refractivity (Wildman–Crippen MR) is 126 cm³/mol. The molecule has 9 nitrogen and oxygen atoms in total. The Kier molecular flexibility index (Phi) is 10.4. The molecule has 1 amide bonds. The van der Waals surface area contributed by atoms with Crippen LogP contribution in [0.2, 0.25) is 5.02 Å². The Labute approximate surface area is 202 Å². The van der Waals surface area contributed by atoms with Crippen LogP contribution in [0.15, 0.2) is 54.6 Å². The summed E-state index contributed by atoms with van der Waals surface area (Å²) < 4.78 is 5.27. The molecule has 1 fully saturated rings. The van der Waals surface area contributed by atoms with Crippen LogP contribution in [-0.4, -0.2) is 49.2 Å². The standard InChI is InChI=1S/C20H24ClN3O2.C4H4O4/c1-26-19-12-18(22)17(21)11-16(19)20(25)23-15-7-9-24(10-8-15)13-14-5-3-2-4-6-14;5-3(6)1-2-4(7)8/h2-6,11-12,15H,7-10,13,22H2,1H3,(H,23,25);1-2H,(H,5,6)(H,7,8)/b;2-1+. The first-order valence-electron chi connectivity index (χ1n) is 10.6. The Morgan fingerprint density at radius 3 is 2.38 bits per heavy atom. The van der Waals surface area contributed by atoms with Crippen molar-refractivity contribution in [1.29, 1.82) is 0 Å². The van der Waals surface area contributed by atoms with Gasteiger partial charge in [0.2, 0.25) is 0 Å². The summed E-state index contributed by atoms with van der Waals surface area (Å²) in [6.45, 7) is 3.11. The van der Waals surface area contributed by atoms with E-state index in [9.17, 15) is 19.5 Å². The SMILES string of the molecule is COc1cc(N)c(Cl)cc1C(=O)NC1CC[NH+](Cc2ccccc2)CC1.O=C([O-])/C=C/C(=O)O. The maximum Gasteiger partial charge on any atom is 0.328 e. The van der Waals surface area contributed by atoms with E-state index in [1.54, 1.807) is 17.0 Å². The molecule has 5 N–H and O–H groups in total. The molecule has 0 bridgehead atoms. The molecule has 0 spiro atoms. The lowest BCUT2D eigenvalue weighted by atomic mass is 10.0. The van der Waals surface area contributed by atoms with Gasteiger partial charge in [-0.1, -0.05) is 41.9 Å². The summed E-state index contributed by atoms with van der Waals surface area (Å²) in [5.74, 6) is -2.53. The molecule has 0 saturated carbocycles. The van der Waals surface area contributed by atoms with Crippen LogP contribution in [0.1, 0.15) is 28.8 Å². The number of carbonyl (C=O) groups excluding carboxylic acids is 2. The third kappa shape index (κ3) is 8.76. The number of benzene rings is 2. The number of amides is 1. The van der Waals surface area contributed by atoms with Crippen LogP contribution in [0.25, 0.3) is 0 Å². The largest absolute Gasteiger partial charge is 0.545 e. The number of likely N-dealkylation sites (tertiary alicyclic amines) is 1. The van der Waals surface area contributed by atoms with Crippen LogP contribution in [0.5, 0.6) is 5.75 Å². The molecular formula is C24H28ClN3O6. The molecule has 2 aromatic rings. The number of ether oxygens (including phenoxy) is 1. The summed E-state index contributed by atoms with van der Waals surface area (Å²) in [7, 11) is 1.52. The van der Waals surface area contributed by atoms with Crippen molar-refractivity contribution in [3.05, 3.63) is 70.8 Å². The second kappa shape index (κ2) is 13.2. The number of nitrogen functional groups attached to an aromatic ring is 1. The van der Waals surface area contributed by atoms with Crippen LogP contribution in [0.3, 0.4) is 0 Å². The van der Waals surface area contributed by atoms with Gasteiger partial charge in [-0.25, -0.2) is 4.79 Å². The Morgan fingerprint density at radius 2 is 1.85 bits per heavy atom. The zero-order chi connectivity index (χ0) is 25.1. The van der Waals surface area contributed by atoms with Crippen molar-refractivity contribution in [2.24, 2.45) is 0 Å². The summed E-state index contributed by atoms with van der Waals surface area (Å²) >= 11 is 6.06. The van der Waals surface area contributed by atoms with E-state index in [0.29, 0.717) is 34.2 Å². The molecule has 2 aromatic carbocycles. The van der Waals surface area contributed by atoms with E-state index in [1.807, 2.05) is 6.07 Å². The molecule has 1 aliphatic heterocycles. The second-order valence-electron chi connectivity index (χ2n) is 7.72. The minimum atomic E-state index is -1.51. The Balaban J connectivity index is 0.000000440. The minimum Gasteiger partial charge on any atom is -0.545 e. The van der Waals surface area contributed by atoms with Crippen LogP contribution < -0.4 is 25.8 Å². The minimum absolute atomic E-state index is 0.166. The number of anilines is 1. The highest BCUT2D eigenvalue weighted by atomic mass is 35.5. The number of carboxylic acid groups (broad SMARTS) is 2. The van der Waals surface area contributed by atoms with Crippen molar-refractivity contribution in [3.8, 4) is 5.75 Å². The predicted octanol–water partition coefficient (Wildman–Crippen LogP) is 0.285. The fraction of sp³-hybridized carbons (Fsp3) is 0.292. The van der Waals surface area contributed by atoms with Gasteiger partial charge < -0.3 is 35.7 Å². The van der Waals surface area contributed by atoms with Crippen molar-refractivity contribution < 1.29 is 34.2 Å². The molecule has 0 radical (unpaired) electrons. The molecule has 34 heavy (non-hydrogen) atoms. The summed E-state index contributed by atoms with van der Waals surface area (Å²) in [5.41, 5.74) is 7.96. The molecule has 1 saturated heterocycles. The molecule has 10 heteroatoms. The van der Waals surface area contributed by atoms with Gasteiger partial charge in [0, 0.05) is 36.6 Å². The Bertz CT molecular complexity index is 1000. The first kappa shape index (κ1) is 26.7. The smallest absolute Gasteiger partial charge is 0.328 e. The maximum absolute atomic E-state index is 12.6. The fourth-order valence-electron chi connectivity index (χ4n) is 3.55. The summed E-state index contributed by atoms with van der Waals surface area (Å²) in [4.78, 5) is 33.2. The summed E-state index contributed by atoms with van der Waals surface area (Å²) in [6, 6.07) is 13.8. The van der Waals surface area contributed by atoms with Crippen molar-refractivity contribution in [3.63, 3.8) is 0 Å². The average molecular weight is 490 g/mol. The van der Waals surface area contributed by atoms with Gasteiger partial charge in [-0.3, -0.25) is 4.79 Å². The van der Waals surface area contributed by atoms with E-state index >= 15 is 0 Å². The number of nitrogens with one attached hydrogen (secondary N) is 2. The van der Waals surface area contributed by atoms with Gasteiger partial charge in [-0.15, -0.1) is 0 Å². The number of carbonyl (C=O) groups is 3. The van der Waals surface area contributed by atoms with E-state index < -0.39 is 11.9 Å². The number of hydrogen-bond acceptors (Lipinski definition) is 6. The molecular weight excluding hydrogens is 462 g/mol. The van der Waals surface area contributed by atoms with E-state index in [0.717, 1.165) is 32.5 Å². The van der Waals surface area contributed by atoms with Gasteiger partial charge in [-0.2, -0.15) is 0 Å². The summed E-state index contributed by atoms with van der Waals surface area (Å²) in [5, 5.41) is 20.7. The Morgan fingerprint density at radius 1 is 1.21 bits per heavy atom. The highest BCUT2D eigenvalue weighted by Crippen LogP contribution is 2.28. The van der Waals surface area contributed by atoms with Crippen LogP contribution >= 0.6 is 11.6 Å². The first-order valence-corrected chi connectivity index (χ1v) is 11.0. The number of carboxylic acids is 2. The maximum atomic E-state index is 12.6. The lowest BCUT2D eigenvalue weighted by Crippen LogP contribution is -3.12. The van der Waals surface area contributed by atoms with Gasteiger partial charge in [0.05, 0.1) is 42.4 Å². The van der Waals surface area contributed by atoms with Crippen molar-refractivity contribution >= 4 is 35.1 Å². The number of rotatable bonds is 7. The van der Waals surface area contributed by atoms with E-state index in [1.165, 1.54) is 12.7 Å². The zero-order valence-corrected chi connectivity index (χ0v) is 19.5. The third-order valence-electron chi connectivity index (χ3n) is 5.25. The number of quaternary nitrogens is 1. The quantitative estimate of drug-likeness (QED) is 0.323. The molecule has 0 atom stereocenters. The van der Waals surface area contributed by atoms with Gasteiger partial charge in [0.15, 0.2) is 0 Å². The van der Waals surface area contributed by atoms with Crippen molar-refractivity contribution in [1.82, 2.24) is 5.32 Å². The fourth-order valence-corrected chi connectivity index (χ4v) is 3.71. The van der Waals surface area contributed by atoms with E-state index in [2.05, 4.69) is 29.6 Å². The lowest BCUT2D eigenvalue weighted by molar-refractivity contribution is -0.918. The number of hydrogen-bond donors (Lipinski definition) is 4. The highest BCUT2D eigenvalue weighted by molar-refractivity contribution is 6.33. The summed E-state index contributed by atoms with van der Waals surface area (Å²) in [6.07, 6.45) is 2.86. The highest BCUT2D eigenvalue weighted by Gasteiger charge is 2.25. The van der Waals surface area contributed by atoms with Crippen molar-refractivity contribution in [2.75, 3.05) is 25.9 Å². The zero-order valence-electron chi connectivity index (χ0n) is 18.8. The van der Waals surface area contributed by atoms with E-state index in [4.69, 9.17) is 27.2 Å². The van der Waals surface area contributed by atoms with Crippen molar-refractivity contribution in [2.45, 2.75) is 25.4 Å². The third-order valence-corrected chi connectivity index (χ3v) is 5.58. The number of nitrogens with two attached hydrogens (primary N) is 1. The normalized spacial score (nSPS) is 17.4. The molecule has 1 aliphatic rings. The Hall–Kier alpha value is -3.56. The molecule has 3 rings (SSSR count). The number of methoxy groups -OCH3 is 1. The van der Waals surface area contributed by atoms with Gasteiger partial charge in [0.1, 0.15) is 12.3 Å². The van der Waals surface area contributed by atoms with Gasteiger partial charge >= 0.3 is 5.97 Å². The molecule has 182 valence electrons. The van der Waals surface area contributed by atoms with Crippen LogP contribution in [0, 0.1) is 0 Å². The van der Waals surface area contributed by atoms with Gasteiger partial charge in [0.25, 0.3) is 5.91 Å². The number of aliphatic carboxylic acids is 2. The topological polar surface area (TPSA) is 146 Å². The van der Waals surface area contributed by atoms with E-state index in [-0.39, 0.29) is 11.9 Å². The number of piperidine rings is 1. The second-order valence-corrected chi connectivity index (χ2v) is 8.13. The molecule has 0 aliphatic carbocycles. The van der Waals surface area contributed by atoms with Gasteiger partial charge in [-0.05, 0) is 12.1 Å². The van der Waals surface area contributed by atoms with Crippen LogP contribution in [0.4, 0.5) is 5.69 Å². The molecule has 0 aromatic heterocycles. The molecule has 1 heterocycles. The molecule has 0 unspecified atom stereocenters.